The van der Waals surface area contributed by atoms with Crippen molar-refractivity contribution in [2.24, 2.45) is 7.05 Å². The zero-order valence-corrected chi connectivity index (χ0v) is 14.9. The molecule has 0 atom stereocenters. The van der Waals surface area contributed by atoms with Gasteiger partial charge in [-0.1, -0.05) is 6.92 Å². The van der Waals surface area contributed by atoms with E-state index in [9.17, 15) is 32.0 Å². The summed E-state index contributed by atoms with van der Waals surface area (Å²) in [5, 5.41) is 24.4. The van der Waals surface area contributed by atoms with E-state index in [0.29, 0.717) is 12.3 Å². The van der Waals surface area contributed by atoms with Crippen molar-refractivity contribution >= 4 is 21.0 Å². The molecule has 0 unspecified atom stereocenters. The van der Waals surface area contributed by atoms with Crippen LogP contribution in [0.5, 0.6) is 0 Å². The second-order valence-corrected chi connectivity index (χ2v) is 7.95. The van der Waals surface area contributed by atoms with Crippen LogP contribution in [-0.4, -0.2) is 23.7 Å². The number of pyridine rings is 2. The molecule has 12 heteroatoms. The maximum Gasteiger partial charge on any atom is 0.419 e. The van der Waals surface area contributed by atoms with Crippen molar-refractivity contribution < 1.29 is 31.0 Å². The SMILES string of the molecule is CCS(=O)(=O)c1ccc[n+]([O-])c1-c1nc2cc(C(F)(F)F)c[n+]([O-])c2n1C. The predicted molar refractivity (Wildman–Crippen MR) is 86.8 cm³/mol. The summed E-state index contributed by atoms with van der Waals surface area (Å²) in [6, 6.07) is 3.10. The Morgan fingerprint density at radius 2 is 1.93 bits per heavy atom. The molecule has 0 radical (unpaired) electrons. The fraction of sp³-hybridized carbons (Fsp3) is 0.267. The van der Waals surface area contributed by atoms with Crippen molar-refractivity contribution in [3.05, 3.63) is 46.6 Å². The molecule has 0 bridgehead atoms. The van der Waals surface area contributed by atoms with E-state index in [1.54, 1.807) is 0 Å². The lowest BCUT2D eigenvalue weighted by molar-refractivity contribution is -0.596. The molecule has 0 fully saturated rings. The predicted octanol–water partition coefficient (Wildman–Crippen LogP) is 1.32. The Balaban J connectivity index is 2.38. The quantitative estimate of drug-likeness (QED) is 0.485. The zero-order valence-electron chi connectivity index (χ0n) is 14.1. The molecule has 0 N–H and O–H groups in total. The number of halogens is 3. The lowest BCUT2D eigenvalue weighted by Crippen LogP contribution is -2.33. The molecule has 3 aromatic rings. The van der Waals surface area contributed by atoms with E-state index >= 15 is 0 Å². The van der Waals surface area contributed by atoms with E-state index in [1.807, 2.05) is 0 Å². The van der Waals surface area contributed by atoms with Crippen molar-refractivity contribution in [1.82, 2.24) is 9.55 Å². The van der Waals surface area contributed by atoms with E-state index in [4.69, 9.17) is 0 Å². The molecule has 0 aliphatic heterocycles. The molecule has 0 saturated heterocycles. The van der Waals surface area contributed by atoms with Crippen LogP contribution in [0.15, 0.2) is 35.5 Å². The van der Waals surface area contributed by atoms with Gasteiger partial charge in [0.15, 0.2) is 21.6 Å². The number of nitrogens with zero attached hydrogens (tertiary/aromatic N) is 4. The van der Waals surface area contributed by atoms with Crippen molar-refractivity contribution in [3.63, 3.8) is 0 Å². The third-order valence-corrected chi connectivity index (χ3v) is 5.78. The molecule has 0 aliphatic carbocycles. The molecule has 27 heavy (non-hydrogen) atoms. The van der Waals surface area contributed by atoms with Gasteiger partial charge >= 0.3 is 17.5 Å². The first kappa shape index (κ1) is 18.9. The van der Waals surface area contributed by atoms with Gasteiger partial charge in [0.25, 0.3) is 5.82 Å². The van der Waals surface area contributed by atoms with E-state index in [1.165, 1.54) is 26.1 Å². The molecule has 8 nitrogen and oxygen atoms in total. The molecule has 0 amide bonds. The van der Waals surface area contributed by atoms with Crippen LogP contribution in [0.2, 0.25) is 0 Å². The van der Waals surface area contributed by atoms with Gasteiger partial charge in [-0.2, -0.15) is 22.9 Å². The summed E-state index contributed by atoms with van der Waals surface area (Å²) in [6.07, 6.45) is -3.37. The van der Waals surface area contributed by atoms with E-state index in [0.717, 1.165) is 10.8 Å². The highest BCUT2D eigenvalue weighted by molar-refractivity contribution is 7.91. The summed E-state index contributed by atoms with van der Waals surface area (Å²) in [5.41, 5.74) is -2.14. The lowest BCUT2D eigenvalue weighted by Gasteiger charge is -2.09. The van der Waals surface area contributed by atoms with Crippen LogP contribution >= 0.6 is 0 Å². The van der Waals surface area contributed by atoms with E-state index in [-0.39, 0.29) is 42.8 Å². The van der Waals surface area contributed by atoms with Crippen molar-refractivity contribution in [2.75, 3.05) is 5.75 Å². The van der Waals surface area contributed by atoms with Crippen LogP contribution < -0.4 is 9.46 Å². The highest BCUT2D eigenvalue weighted by Crippen LogP contribution is 2.31. The molecule has 0 saturated carbocycles. The van der Waals surface area contributed by atoms with E-state index < -0.39 is 21.6 Å². The third-order valence-electron chi connectivity index (χ3n) is 4.03. The Hall–Kier alpha value is -2.89. The van der Waals surface area contributed by atoms with Crippen molar-refractivity contribution in [3.8, 4) is 11.5 Å². The van der Waals surface area contributed by atoms with Gasteiger partial charge in [0.2, 0.25) is 0 Å². The molecule has 3 aromatic heterocycles. The lowest BCUT2D eigenvalue weighted by atomic mass is 10.2. The number of imidazole rings is 1. The summed E-state index contributed by atoms with van der Waals surface area (Å²) in [4.78, 5) is 3.62. The van der Waals surface area contributed by atoms with Gasteiger partial charge in [-0.3, -0.25) is 0 Å². The number of hydrogen-bond donors (Lipinski definition) is 0. The minimum Gasteiger partial charge on any atom is -0.711 e. The second kappa shape index (κ2) is 6.08. The number of hydrogen-bond acceptors (Lipinski definition) is 5. The fourth-order valence-electron chi connectivity index (χ4n) is 2.69. The monoisotopic (exact) mass is 402 g/mol. The van der Waals surface area contributed by atoms with Crippen LogP contribution in [0.3, 0.4) is 0 Å². The van der Waals surface area contributed by atoms with Crippen LogP contribution in [0.4, 0.5) is 13.2 Å². The summed E-state index contributed by atoms with van der Waals surface area (Å²) in [5.74, 6) is -0.537. The Labute approximate surface area is 151 Å². The number of alkyl halides is 3. The molecular weight excluding hydrogens is 389 g/mol. The highest BCUT2D eigenvalue weighted by atomic mass is 32.2. The normalized spacial score (nSPS) is 12.6. The zero-order chi connectivity index (χ0) is 20.1. The van der Waals surface area contributed by atoms with Crippen LogP contribution in [-0.2, 0) is 23.1 Å². The maximum atomic E-state index is 12.9. The highest BCUT2D eigenvalue weighted by Gasteiger charge is 2.36. The molecular formula is C15H13F3N4O4S. The van der Waals surface area contributed by atoms with Gasteiger partial charge in [0, 0.05) is 6.07 Å². The molecule has 3 heterocycles. The molecule has 3 rings (SSSR count). The minimum atomic E-state index is -4.76. The number of aryl methyl sites for hydroxylation is 1. The van der Waals surface area contributed by atoms with Gasteiger partial charge in [-0.25, -0.2) is 17.7 Å². The Morgan fingerprint density at radius 1 is 1.26 bits per heavy atom. The standard InChI is InChI=1S/C15H13F3N4O4S/c1-3-27(25,26)11-5-4-6-21(23)12(11)13-19-10-7-9(15(16,17)18)8-22(24)14(10)20(13)2/h4-8H,3H2,1-2H3. The molecule has 0 aromatic carbocycles. The number of fused-ring (bicyclic) bond motifs is 1. The Kier molecular flexibility index (Phi) is 4.25. The largest absolute Gasteiger partial charge is 0.711 e. The fourth-order valence-corrected chi connectivity index (χ4v) is 3.77. The van der Waals surface area contributed by atoms with Crippen molar-refractivity contribution in [2.45, 2.75) is 18.0 Å². The number of aromatic nitrogens is 4. The second-order valence-electron chi connectivity index (χ2n) is 5.71. The third kappa shape index (κ3) is 3.05. The van der Waals surface area contributed by atoms with Crippen LogP contribution in [0, 0.1) is 10.4 Å². The number of rotatable bonds is 3. The maximum absolute atomic E-state index is 12.9. The van der Waals surface area contributed by atoms with Gasteiger partial charge in [0.1, 0.15) is 11.1 Å². The van der Waals surface area contributed by atoms with Gasteiger partial charge in [-0.15, -0.1) is 0 Å². The molecule has 144 valence electrons. The topological polar surface area (TPSA) is 106 Å². The first-order valence-electron chi connectivity index (χ1n) is 7.59. The Morgan fingerprint density at radius 3 is 2.52 bits per heavy atom. The molecule has 0 aliphatic rings. The van der Waals surface area contributed by atoms with Gasteiger partial charge < -0.3 is 10.4 Å². The summed E-state index contributed by atoms with van der Waals surface area (Å²) < 4.78 is 64.8. The Bertz CT molecular complexity index is 1160. The molecule has 0 spiro atoms. The average molecular weight is 402 g/mol. The smallest absolute Gasteiger partial charge is 0.419 e. The van der Waals surface area contributed by atoms with Crippen molar-refractivity contribution in [1.29, 1.82) is 0 Å². The minimum absolute atomic E-state index is 0.0132. The summed E-state index contributed by atoms with van der Waals surface area (Å²) in [7, 11) is -2.53. The first-order chi connectivity index (χ1) is 12.5. The average Bonchev–Trinajstić information content (AvgIpc) is 2.90. The summed E-state index contributed by atoms with van der Waals surface area (Å²) in [6.45, 7) is 1.39. The number of sulfone groups is 1. The summed E-state index contributed by atoms with van der Waals surface area (Å²) >= 11 is 0. The van der Waals surface area contributed by atoms with Gasteiger partial charge in [-0.05, 0) is 12.1 Å². The van der Waals surface area contributed by atoms with Crippen LogP contribution in [0.25, 0.3) is 22.7 Å². The van der Waals surface area contributed by atoms with Gasteiger partial charge in [0.05, 0.1) is 18.4 Å². The first-order valence-corrected chi connectivity index (χ1v) is 9.24. The van der Waals surface area contributed by atoms with E-state index in [2.05, 4.69) is 4.98 Å². The van der Waals surface area contributed by atoms with Crippen LogP contribution in [0.1, 0.15) is 12.5 Å².